The Hall–Kier alpha value is -11.3. The number of carbonyl (C=O) groups is 3. The van der Waals surface area contributed by atoms with Crippen molar-refractivity contribution in [2.75, 3.05) is 127 Å². The van der Waals surface area contributed by atoms with Crippen LogP contribution in [0.3, 0.4) is 0 Å². The first-order valence-electron chi connectivity index (χ1n) is 40.5. The number of hydrogen-bond donors (Lipinski definition) is 2. The molecule has 6 aliphatic rings. The van der Waals surface area contributed by atoms with Crippen LogP contribution < -0.4 is 54.7 Å². The van der Waals surface area contributed by atoms with Crippen LogP contribution in [0.5, 0.6) is 17.2 Å². The molecular formula is C87H105Cl2F6N19O8. The van der Waals surface area contributed by atoms with Gasteiger partial charge in [-0.15, -0.1) is 12.4 Å². The van der Waals surface area contributed by atoms with Crippen molar-refractivity contribution in [2.24, 2.45) is 0 Å². The number of fused-ring (bicyclic) bond motifs is 3. The number of piperazine rings is 3. The molecule has 6 aromatic heterocycles. The molecule has 15 rings (SSSR count). The van der Waals surface area contributed by atoms with E-state index in [9.17, 15) is 36.3 Å². The van der Waals surface area contributed by atoms with Crippen LogP contribution in [-0.4, -0.2) is 212 Å². The van der Waals surface area contributed by atoms with Gasteiger partial charge in [-0.25, -0.2) is 70.8 Å². The van der Waals surface area contributed by atoms with E-state index >= 15 is 4.39 Å². The molecule has 0 aliphatic carbocycles. The number of hydrogen-bond acceptors (Lipinski definition) is 24. The summed E-state index contributed by atoms with van der Waals surface area (Å²) >= 11 is 5.68. The topological polar surface area (TPSA) is 277 Å². The number of nitrogens with zero attached hydrogens (tertiary/aromatic N) is 17. The molecule has 27 nitrogen and oxygen atoms in total. The predicted molar refractivity (Wildman–Crippen MR) is 460 cm³/mol. The monoisotopic (exact) mass is 1730 g/mol. The Morgan fingerprint density at radius 2 is 0.910 bits per heavy atom. The normalized spacial score (nSPS) is 17.1. The van der Waals surface area contributed by atoms with Crippen molar-refractivity contribution in [1.82, 2.24) is 60.0 Å². The molecule has 3 fully saturated rings. The molecule has 3 atom stereocenters. The van der Waals surface area contributed by atoms with E-state index in [1.54, 1.807) is 54.2 Å². The number of nitrogen functional groups attached to an aromatic ring is 1. The maximum absolute atomic E-state index is 15.0. The Kier molecular flexibility index (Phi) is 29.4. The number of aromatic nitrogens is 9. The molecule has 3 unspecified atom stereocenters. The SMILES string of the molecule is CC(C)N1C(=O)COc2c(F)cc(-c3nc(Cl)ncc3F)cc21.CC1CN(c2ccc(Cc3ncc(F)c(-c4cc(F)c5c(c4)N(C(C)C)CCO5)n3)nc2)CCN1.CC1CN(c2ccc(Cc3ncc(F)c(-c4cc(F)c5c(c4)N(C(C)C)CCO5)n3)nc2)CCN1C(=O)OC(C)(C)C.CC1CN(c2ccc(N)nc2)CCN1C(=O)OC(C)(C)C.Cl. The third kappa shape index (κ3) is 22.5. The number of pyridine rings is 3. The minimum Gasteiger partial charge on any atom is -0.486 e. The van der Waals surface area contributed by atoms with E-state index in [4.69, 9.17) is 41.0 Å². The van der Waals surface area contributed by atoms with E-state index in [0.29, 0.717) is 111 Å². The van der Waals surface area contributed by atoms with Crippen molar-refractivity contribution < 1.29 is 64.4 Å². The Morgan fingerprint density at radius 3 is 1.30 bits per heavy atom. The van der Waals surface area contributed by atoms with E-state index in [2.05, 4.69) is 76.7 Å². The Morgan fingerprint density at radius 1 is 0.500 bits per heavy atom. The summed E-state index contributed by atoms with van der Waals surface area (Å²) in [7, 11) is 0. The lowest BCUT2D eigenvalue weighted by atomic mass is 10.1. The van der Waals surface area contributed by atoms with Gasteiger partial charge in [-0.1, -0.05) is 0 Å². The first-order chi connectivity index (χ1) is 57.4. The van der Waals surface area contributed by atoms with Crippen molar-refractivity contribution >= 4 is 82.0 Å². The van der Waals surface area contributed by atoms with Crippen molar-refractivity contribution in [3.05, 3.63) is 173 Å². The van der Waals surface area contributed by atoms with Crippen LogP contribution in [-0.2, 0) is 27.1 Å². The molecule has 3 amide bonds. The lowest BCUT2D eigenvalue weighted by Crippen LogP contribution is -2.55. The molecule has 0 bridgehead atoms. The number of amides is 3. The molecule has 652 valence electrons. The largest absolute Gasteiger partial charge is 0.486 e. The van der Waals surface area contributed by atoms with Crippen molar-refractivity contribution in [2.45, 2.75) is 164 Å². The quantitative estimate of drug-likeness (QED) is 0.0801. The second-order valence-corrected chi connectivity index (χ2v) is 33.5. The standard InChI is InChI=1S/C31H38F2N6O3.C26H30F2N6O.C15H12ClF2N3O2.C15H24N4O2.ClH/c1-19(2)38-11-12-41-29-24(32)13-21(14-26(29)38)28-25(33)17-35-27(36-28)15-22-7-8-23(16-34-22)37-9-10-39(20(3)18-37)30(40)42-31(4,5)6;1-16(2)34-8-9-35-26-21(27)10-18(11-23(26)34)25-22(28)14-31-24(32-25)12-19-4-5-20(13-30-19)33-7-6-29-17(3)15-33;1-7(2)21-11-4-8(13-10(18)5-19-15(16)20-13)3-9(17)14(11)23-6-12(21)22;1-11-10-18(12-5-6-13(16)17-9-12)7-8-19(11)14(20)21-15(2,3)4;/h7-8,13-14,16-17,19-20H,9-12,15,18H2,1-6H3;4-5,10-11,13-14,16-17,29H,6-9,12,15H2,1-3H3;3-5,7H,6H2,1-2H3;5-6,9,11H,7-8,10H2,1-4H3,(H2,16,17);1H. The van der Waals surface area contributed by atoms with Gasteiger partial charge in [-0.3, -0.25) is 14.8 Å². The number of rotatable bonds is 13. The summed E-state index contributed by atoms with van der Waals surface area (Å²) in [6.45, 7) is 37.8. The minimum atomic E-state index is -0.743. The number of anilines is 7. The van der Waals surface area contributed by atoms with Gasteiger partial charge >= 0.3 is 12.2 Å². The molecule has 6 aliphatic heterocycles. The number of nitrogens with two attached hydrogens (primary N) is 1. The van der Waals surface area contributed by atoms with Crippen LogP contribution in [0.25, 0.3) is 33.8 Å². The summed E-state index contributed by atoms with van der Waals surface area (Å²) in [5.41, 5.74) is 11.4. The second kappa shape index (κ2) is 39.2. The van der Waals surface area contributed by atoms with Gasteiger partial charge in [0.25, 0.3) is 5.91 Å². The highest BCUT2D eigenvalue weighted by Crippen LogP contribution is 2.43. The Bertz CT molecular complexity index is 5180. The Labute approximate surface area is 718 Å². The van der Waals surface area contributed by atoms with Gasteiger partial charge in [0.2, 0.25) is 5.28 Å². The first-order valence-corrected chi connectivity index (χ1v) is 40.9. The molecule has 122 heavy (non-hydrogen) atoms. The maximum Gasteiger partial charge on any atom is 0.410 e. The van der Waals surface area contributed by atoms with Crippen LogP contribution in [0.15, 0.2) is 110 Å². The minimum absolute atomic E-state index is 0. The number of carbonyl (C=O) groups excluding carboxylic acids is 3. The highest BCUT2D eigenvalue weighted by atomic mass is 35.5. The number of ether oxygens (including phenoxy) is 5. The fraction of sp³-hybridized carbons (Fsp3) is 0.448. The van der Waals surface area contributed by atoms with E-state index in [1.165, 1.54) is 23.1 Å². The van der Waals surface area contributed by atoms with Crippen molar-refractivity contribution in [3.8, 4) is 51.0 Å². The highest BCUT2D eigenvalue weighted by Gasteiger charge is 2.36. The van der Waals surface area contributed by atoms with Crippen LogP contribution in [0, 0.1) is 34.9 Å². The second-order valence-electron chi connectivity index (χ2n) is 33.2. The number of nitrogens with one attached hydrogen (secondary N) is 1. The van der Waals surface area contributed by atoms with Gasteiger partial charge in [0.05, 0.1) is 97.2 Å². The van der Waals surface area contributed by atoms with Gasteiger partial charge in [-0.05, 0) is 188 Å². The van der Waals surface area contributed by atoms with Gasteiger partial charge in [0.1, 0.15) is 59.0 Å². The van der Waals surface area contributed by atoms with Gasteiger partial charge in [-0.2, -0.15) is 0 Å². The maximum atomic E-state index is 15.0. The van der Waals surface area contributed by atoms with E-state index in [-0.39, 0.29) is 125 Å². The van der Waals surface area contributed by atoms with Gasteiger partial charge in [0.15, 0.2) is 58.8 Å². The fourth-order valence-corrected chi connectivity index (χ4v) is 15.0. The van der Waals surface area contributed by atoms with E-state index in [0.717, 1.165) is 80.1 Å². The smallest absolute Gasteiger partial charge is 0.410 e. The molecule has 12 heterocycles. The zero-order chi connectivity index (χ0) is 87.1. The average molecular weight is 1730 g/mol. The molecular weight excluding hydrogens is 1620 g/mol. The zero-order valence-electron chi connectivity index (χ0n) is 71.2. The summed E-state index contributed by atoms with van der Waals surface area (Å²) in [6, 6.07) is 20.7. The first kappa shape index (κ1) is 91.4. The molecule has 0 spiro atoms. The van der Waals surface area contributed by atoms with E-state index in [1.807, 2.05) is 125 Å². The highest BCUT2D eigenvalue weighted by molar-refractivity contribution is 6.28. The third-order valence-corrected chi connectivity index (χ3v) is 20.8. The van der Waals surface area contributed by atoms with Crippen LogP contribution in [0.4, 0.5) is 75.9 Å². The summed E-state index contributed by atoms with van der Waals surface area (Å²) in [4.78, 5) is 90.3. The third-order valence-electron chi connectivity index (χ3n) is 20.6. The van der Waals surface area contributed by atoms with Crippen LogP contribution in [0.1, 0.15) is 127 Å². The summed E-state index contributed by atoms with van der Waals surface area (Å²) in [6.07, 6.45) is 8.66. The average Bonchev–Trinajstić information content (AvgIpc) is 0.773. The Balaban J connectivity index is 0.000000164. The van der Waals surface area contributed by atoms with Gasteiger partial charge < -0.3 is 73.9 Å². The lowest BCUT2D eigenvalue weighted by molar-refractivity contribution is -0.121. The number of benzene rings is 3. The van der Waals surface area contributed by atoms with Crippen molar-refractivity contribution in [1.29, 1.82) is 0 Å². The molecule has 0 saturated carbocycles. The molecule has 3 N–H and O–H groups in total. The summed E-state index contributed by atoms with van der Waals surface area (Å²) in [5.74, 6) is -2.40. The number of halogens is 8. The molecule has 3 saturated heterocycles. The molecule has 35 heteroatoms. The fourth-order valence-electron chi connectivity index (χ4n) is 14.9. The van der Waals surface area contributed by atoms with Crippen molar-refractivity contribution in [3.63, 3.8) is 0 Å². The van der Waals surface area contributed by atoms with E-state index < -0.39 is 46.1 Å². The summed E-state index contributed by atoms with van der Waals surface area (Å²) < 4.78 is 115. The lowest BCUT2D eigenvalue weighted by Gasteiger charge is -2.41. The van der Waals surface area contributed by atoms with Crippen LogP contribution in [0.2, 0.25) is 5.28 Å². The molecule has 3 aromatic carbocycles. The zero-order valence-corrected chi connectivity index (χ0v) is 72.7. The van der Waals surface area contributed by atoms with Crippen LogP contribution >= 0.6 is 24.0 Å². The molecule has 0 radical (unpaired) electrons. The molecule has 9 aromatic rings. The predicted octanol–water partition coefficient (Wildman–Crippen LogP) is 15.0. The van der Waals surface area contributed by atoms with Gasteiger partial charge in [0, 0.05) is 123 Å². The summed E-state index contributed by atoms with van der Waals surface area (Å²) in [5, 5.41) is 3.28.